The Morgan fingerprint density at radius 3 is 2.93 bits per heavy atom. The van der Waals surface area contributed by atoms with Crippen molar-refractivity contribution in [1.29, 1.82) is 0 Å². The van der Waals surface area contributed by atoms with E-state index in [2.05, 4.69) is 50.2 Å². The van der Waals surface area contributed by atoms with E-state index in [1.54, 1.807) is 11.3 Å². The molecule has 0 saturated carbocycles. The minimum atomic E-state index is 0.0672. The van der Waals surface area contributed by atoms with Crippen molar-refractivity contribution in [3.8, 4) is 10.6 Å². The minimum Gasteiger partial charge on any atom is -0.342 e. The fourth-order valence-electron chi connectivity index (χ4n) is 5.33. The molecular weight excluding hydrogens is 364 g/mol. The summed E-state index contributed by atoms with van der Waals surface area (Å²) < 4.78 is 1.27. The summed E-state index contributed by atoms with van der Waals surface area (Å²) in [6.07, 6.45) is 4.70. The number of fused-ring (bicyclic) bond motifs is 4. The van der Waals surface area contributed by atoms with Crippen molar-refractivity contribution < 1.29 is 4.79 Å². The number of hydrogen-bond donors (Lipinski definition) is 0. The maximum absolute atomic E-state index is 12.2. The number of likely N-dealkylation sites (N-methyl/N-ethyl adjacent to an activating group) is 1. The molecule has 1 aliphatic heterocycles. The quantitative estimate of drug-likeness (QED) is 0.591. The number of rotatable bonds is 2. The lowest BCUT2D eigenvalue weighted by atomic mass is 9.63. The van der Waals surface area contributed by atoms with Crippen LogP contribution >= 0.6 is 11.3 Å². The summed E-state index contributed by atoms with van der Waals surface area (Å²) in [6.45, 7) is 4.54. The first-order chi connectivity index (χ1) is 13.5. The molecule has 2 atom stereocenters. The van der Waals surface area contributed by atoms with Gasteiger partial charge in [0.05, 0.1) is 10.2 Å². The molecule has 1 fully saturated rings. The molecule has 2 heterocycles. The Bertz CT molecular complexity index is 1090. The molecule has 28 heavy (non-hydrogen) atoms. The average Bonchev–Trinajstić information content (AvgIpc) is 3.15. The number of amides is 1. The van der Waals surface area contributed by atoms with Gasteiger partial charge in [-0.25, -0.2) is 4.98 Å². The lowest BCUT2D eigenvalue weighted by Crippen LogP contribution is -2.56. The van der Waals surface area contributed by atoms with Crippen LogP contribution in [0.4, 0.5) is 0 Å². The SMILES string of the molecule is CCc1cccc2sc(-c3ccc4c(c3)CC[C@H]3N(C)C(=O)CC[C@]43C)nc12. The smallest absolute Gasteiger partial charge is 0.222 e. The molecule has 1 aliphatic carbocycles. The molecule has 2 aromatic carbocycles. The summed E-state index contributed by atoms with van der Waals surface area (Å²) in [5.41, 5.74) is 6.64. The number of aryl methyl sites for hydroxylation is 2. The van der Waals surface area contributed by atoms with Crippen molar-refractivity contribution in [3.63, 3.8) is 0 Å². The van der Waals surface area contributed by atoms with E-state index >= 15 is 0 Å². The number of benzene rings is 2. The first kappa shape index (κ1) is 17.9. The molecule has 1 amide bonds. The number of thiazole rings is 1. The molecule has 0 bridgehead atoms. The third-order valence-corrected chi connectivity index (χ3v) is 8.06. The van der Waals surface area contributed by atoms with E-state index in [1.165, 1.54) is 27.0 Å². The highest BCUT2D eigenvalue weighted by atomic mass is 32.1. The van der Waals surface area contributed by atoms with Crippen LogP contribution in [0.2, 0.25) is 0 Å². The third kappa shape index (κ3) is 2.54. The monoisotopic (exact) mass is 390 g/mol. The van der Waals surface area contributed by atoms with Gasteiger partial charge in [0.1, 0.15) is 5.01 Å². The van der Waals surface area contributed by atoms with Crippen LogP contribution in [-0.2, 0) is 23.1 Å². The van der Waals surface area contributed by atoms with Crippen molar-refractivity contribution in [2.75, 3.05) is 7.05 Å². The van der Waals surface area contributed by atoms with Crippen molar-refractivity contribution in [3.05, 3.63) is 53.1 Å². The summed E-state index contributed by atoms with van der Waals surface area (Å²) in [4.78, 5) is 19.2. The summed E-state index contributed by atoms with van der Waals surface area (Å²) >= 11 is 1.79. The topological polar surface area (TPSA) is 33.2 Å². The number of aromatic nitrogens is 1. The van der Waals surface area contributed by atoms with E-state index in [0.29, 0.717) is 18.4 Å². The lowest BCUT2D eigenvalue weighted by Gasteiger charge is -2.50. The van der Waals surface area contributed by atoms with Gasteiger partial charge >= 0.3 is 0 Å². The van der Waals surface area contributed by atoms with E-state index < -0.39 is 0 Å². The van der Waals surface area contributed by atoms with Gasteiger partial charge in [-0.15, -0.1) is 11.3 Å². The van der Waals surface area contributed by atoms with Crippen LogP contribution in [0.3, 0.4) is 0 Å². The van der Waals surface area contributed by atoms with Gasteiger partial charge < -0.3 is 4.90 Å². The molecular formula is C24H26N2OS. The van der Waals surface area contributed by atoms with Crippen LogP contribution in [0.15, 0.2) is 36.4 Å². The Balaban J connectivity index is 1.57. The summed E-state index contributed by atoms with van der Waals surface area (Å²) in [6, 6.07) is 13.7. The second-order valence-electron chi connectivity index (χ2n) is 8.48. The van der Waals surface area contributed by atoms with Gasteiger partial charge in [0.2, 0.25) is 5.91 Å². The molecule has 1 aromatic heterocycles. The zero-order valence-corrected chi connectivity index (χ0v) is 17.6. The predicted molar refractivity (Wildman–Crippen MR) is 116 cm³/mol. The summed E-state index contributed by atoms with van der Waals surface area (Å²) in [5.74, 6) is 0.295. The van der Waals surface area contributed by atoms with Crippen LogP contribution in [0.5, 0.6) is 0 Å². The van der Waals surface area contributed by atoms with Crippen LogP contribution in [-0.4, -0.2) is 28.9 Å². The second-order valence-corrected chi connectivity index (χ2v) is 9.52. The van der Waals surface area contributed by atoms with Gasteiger partial charge in [0.15, 0.2) is 0 Å². The fraction of sp³-hybridized carbons (Fsp3) is 0.417. The summed E-state index contributed by atoms with van der Waals surface area (Å²) in [5, 5.41) is 1.11. The van der Waals surface area contributed by atoms with Crippen molar-refractivity contribution >= 4 is 27.5 Å². The van der Waals surface area contributed by atoms with E-state index in [-0.39, 0.29) is 5.41 Å². The van der Waals surface area contributed by atoms with E-state index in [1.807, 2.05) is 11.9 Å². The molecule has 0 N–H and O–H groups in total. The number of likely N-dealkylation sites (tertiary alicyclic amines) is 1. The van der Waals surface area contributed by atoms with Gasteiger partial charge in [-0.3, -0.25) is 4.79 Å². The van der Waals surface area contributed by atoms with Crippen molar-refractivity contribution in [2.24, 2.45) is 0 Å². The standard InChI is InChI=1S/C24H26N2OS/c1-4-15-6-5-7-19-22(15)25-23(28-19)17-8-10-18-16(14-17)9-11-20-24(18,2)13-12-21(27)26(20)3/h5-8,10,14,20H,4,9,11-13H2,1-3H3/t20-,24-/m1/s1. The number of piperidine rings is 1. The van der Waals surface area contributed by atoms with E-state index in [0.717, 1.165) is 36.2 Å². The fourth-order valence-corrected chi connectivity index (χ4v) is 6.34. The molecule has 0 unspecified atom stereocenters. The molecule has 2 aliphatic rings. The zero-order valence-electron chi connectivity index (χ0n) is 16.8. The molecule has 0 spiro atoms. The molecule has 0 radical (unpaired) electrons. The average molecular weight is 391 g/mol. The first-order valence-electron chi connectivity index (χ1n) is 10.3. The second kappa shape index (κ2) is 6.41. The maximum atomic E-state index is 12.2. The van der Waals surface area contributed by atoms with Crippen LogP contribution < -0.4 is 0 Å². The number of carbonyl (C=O) groups excluding carboxylic acids is 1. The number of hydrogen-bond acceptors (Lipinski definition) is 3. The molecule has 1 saturated heterocycles. The van der Waals surface area contributed by atoms with E-state index in [4.69, 9.17) is 4.98 Å². The molecule has 3 aromatic rings. The minimum absolute atomic E-state index is 0.0672. The zero-order chi connectivity index (χ0) is 19.5. The Morgan fingerprint density at radius 1 is 1.25 bits per heavy atom. The Kier molecular flexibility index (Phi) is 4.09. The number of para-hydroxylation sites is 1. The van der Waals surface area contributed by atoms with E-state index in [9.17, 15) is 4.79 Å². The number of nitrogens with zero attached hydrogens (tertiary/aromatic N) is 2. The molecule has 5 rings (SSSR count). The highest BCUT2D eigenvalue weighted by Crippen LogP contribution is 2.46. The lowest BCUT2D eigenvalue weighted by molar-refractivity contribution is -0.138. The highest BCUT2D eigenvalue weighted by molar-refractivity contribution is 7.21. The Labute approximate surface area is 170 Å². The summed E-state index contributed by atoms with van der Waals surface area (Å²) in [7, 11) is 1.98. The van der Waals surface area contributed by atoms with Crippen LogP contribution in [0, 0.1) is 0 Å². The Morgan fingerprint density at radius 2 is 2.11 bits per heavy atom. The van der Waals surface area contributed by atoms with Crippen molar-refractivity contribution in [2.45, 2.75) is 57.4 Å². The molecule has 144 valence electrons. The van der Waals surface area contributed by atoms with Gasteiger partial charge in [-0.05, 0) is 54.5 Å². The van der Waals surface area contributed by atoms with Gasteiger partial charge in [0.25, 0.3) is 0 Å². The van der Waals surface area contributed by atoms with Crippen molar-refractivity contribution in [1.82, 2.24) is 9.88 Å². The number of carbonyl (C=O) groups is 1. The van der Waals surface area contributed by atoms with Gasteiger partial charge in [-0.2, -0.15) is 0 Å². The highest BCUT2D eigenvalue weighted by Gasteiger charge is 2.46. The van der Waals surface area contributed by atoms with Crippen LogP contribution in [0.25, 0.3) is 20.8 Å². The van der Waals surface area contributed by atoms with Crippen LogP contribution in [0.1, 0.15) is 49.8 Å². The maximum Gasteiger partial charge on any atom is 0.222 e. The largest absolute Gasteiger partial charge is 0.342 e. The van der Waals surface area contributed by atoms with Gasteiger partial charge in [-0.1, -0.05) is 38.1 Å². The van der Waals surface area contributed by atoms with Gasteiger partial charge in [0, 0.05) is 30.5 Å². The molecule has 3 nitrogen and oxygen atoms in total. The molecule has 4 heteroatoms. The first-order valence-corrected chi connectivity index (χ1v) is 11.1. The normalized spacial score (nSPS) is 24.3. The predicted octanol–water partition coefficient (Wildman–Crippen LogP) is 5.35. The Hall–Kier alpha value is -2.20. The third-order valence-electron chi connectivity index (χ3n) is 6.99.